The van der Waals surface area contributed by atoms with Gasteiger partial charge in [0.15, 0.2) is 23.0 Å². The largest absolute Gasteiger partial charge is 0.490 e. The molecule has 0 heterocycles. The summed E-state index contributed by atoms with van der Waals surface area (Å²) in [6.07, 6.45) is 13.7. The fourth-order valence-corrected chi connectivity index (χ4v) is 3.98. The van der Waals surface area contributed by atoms with E-state index in [1.165, 1.54) is 51.4 Å². The van der Waals surface area contributed by atoms with Crippen LogP contribution >= 0.6 is 0 Å². The summed E-state index contributed by atoms with van der Waals surface area (Å²) >= 11 is 0. The third kappa shape index (κ3) is 11.1. The Kier molecular flexibility index (Phi) is 15.6. The van der Waals surface area contributed by atoms with E-state index in [1.807, 2.05) is 12.1 Å². The van der Waals surface area contributed by atoms with Crippen LogP contribution in [0.15, 0.2) is 36.4 Å². The van der Waals surface area contributed by atoms with Crippen molar-refractivity contribution in [3.63, 3.8) is 0 Å². The molecule has 202 valence electrons. The van der Waals surface area contributed by atoms with Crippen LogP contribution in [-0.4, -0.2) is 26.4 Å². The lowest BCUT2D eigenvalue weighted by molar-refractivity contribution is 0.259. The Labute approximate surface area is 220 Å². The van der Waals surface area contributed by atoms with Crippen molar-refractivity contribution < 1.29 is 18.9 Å². The van der Waals surface area contributed by atoms with Crippen LogP contribution in [0.3, 0.4) is 0 Å². The number of hydrogen-bond donors (Lipinski definition) is 0. The maximum atomic E-state index is 6.20. The van der Waals surface area contributed by atoms with Gasteiger partial charge in [-0.2, -0.15) is 0 Å². The molecule has 0 spiro atoms. The van der Waals surface area contributed by atoms with Crippen LogP contribution in [0.25, 0.3) is 11.1 Å². The molecule has 0 aliphatic rings. The predicted octanol–water partition coefficient (Wildman–Crippen LogP) is 9.63. The van der Waals surface area contributed by atoms with Gasteiger partial charge in [0.2, 0.25) is 0 Å². The molecular weight excluding hydrogens is 448 g/mol. The van der Waals surface area contributed by atoms with E-state index in [-0.39, 0.29) is 0 Å². The van der Waals surface area contributed by atoms with Crippen molar-refractivity contribution in [1.29, 1.82) is 0 Å². The first-order chi connectivity index (χ1) is 17.7. The second kappa shape index (κ2) is 18.8. The van der Waals surface area contributed by atoms with Crippen molar-refractivity contribution in [2.45, 2.75) is 105 Å². The summed E-state index contributed by atoms with van der Waals surface area (Å²) in [6.45, 7) is 11.7. The third-order valence-electron chi connectivity index (χ3n) is 6.24. The first-order valence-electron chi connectivity index (χ1n) is 14.5. The van der Waals surface area contributed by atoms with Gasteiger partial charge >= 0.3 is 0 Å². The summed E-state index contributed by atoms with van der Waals surface area (Å²) in [5, 5.41) is 0. The van der Waals surface area contributed by atoms with Gasteiger partial charge in [-0.15, -0.1) is 0 Å². The zero-order valence-corrected chi connectivity index (χ0v) is 23.4. The van der Waals surface area contributed by atoms with Crippen LogP contribution in [0.4, 0.5) is 0 Å². The third-order valence-corrected chi connectivity index (χ3v) is 6.24. The second-order valence-corrected chi connectivity index (χ2v) is 9.55. The predicted molar refractivity (Wildman–Crippen MR) is 152 cm³/mol. The number of ether oxygens (including phenoxy) is 4. The molecule has 0 saturated heterocycles. The summed E-state index contributed by atoms with van der Waals surface area (Å²) in [6, 6.07) is 12.6. The lowest BCUT2D eigenvalue weighted by Gasteiger charge is -2.16. The van der Waals surface area contributed by atoms with Crippen LogP contribution in [0.2, 0.25) is 0 Å². The molecule has 0 saturated carbocycles. The standard InChI is InChI=1S/C32H50O4/c1-5-9-13-21-33-29-19-17-27(25-31(29)35-23-15-11-7-3)28-18-20-30(34-22-14-10-6-2)32(26-28)36-24-16-12-8-4/h17-20,25-26H,5-16,21-24H2,1-4H3. The van der Waals surface area contributed by atoms with E-state index in [1.54, 1.807) is 0 Å². The fourth-order valence-electron chi connectivity index (χ4n) is 3.98. The van der Waals surface area contributed by atoms with Crippen LogP contribution in [0.5, 0.6) is 23.0 Å². The van der Waals surface area contributed by atoms with E-state index in [0.717, 1.165) is 73.0 Å². The van der Waals surface area contributed by atoms with Gasteiger partial charge in [-0.1, -0.05) is 91.2 Å². The Bertz CT molecular complexity index is 763. The number of rotatable bonds is 21. The monoisotopic (exact) mass is 498 g/mol. The highest BCUT2D eigenvalue weighted by molar-refractivity contribution is 5.70. The molecule has 0 atom stereocenters. The lowest BCUT2D eigenvalue weighted by atomic mass is 10.0. The molecule has 0 aromatic heterocycles. The summed E-state index contributed by atoms with van der Waals surface area (Å²) in [4.78, 5) is 0. The Morgan fingerprint density at radius 2 is 0.694 bits per heavy atom. The smallest absolute Gasteiger partial charge is 0.161 e. The molecule has 0 N–H and O–H groups in total. The van der Waals surface area contributed by atoms with Crippen molar-refractivity contribution in [3.05, 3.63) is 36.4 Å². The molecule has 0 aliphatic carbocycles. The molecule has 0 unspecified atom stereocenters. The van der Waals surface area contributed by atoms with Gasteiger partial charge in [0.05, 0.1) is 26.4 Å². The average Bonchev–Trinajstić information content (AvgIpc) is 2.90. The second-order valence-electron chi connectivity index (χ2n) is 9.55. The minimum atomic E-state index is 0.707. The Hall–Kier alpha value is -2.36. The van der Waals surface area contributed by atoms with E-state index in [2.05, 4.69) is 52.0 Å². The van der Waals surface area contributed by atoms with Gasteiger partial charge in [0.25, 0.3) is 0 Å². The molecular formula is C32H50O4. The lowest BCUT2D eigenvalue weighted by Crippen LogP contribution is -2.03. The van der Waals surface area contributed by atoms with Gasteiger partial charge in [-0.3, -0.25) is 0 Å². The Morgan fingerprint density at radius 3 is 1.00 bits per heavy atom. The molecule has 2 aromatic carbocycles. The van der Waals surface area contributed by atoms with Gasteiger partial charge in [0.1, 0.15) is 0 Å². The van der Waals surface area contributed by atoms with Crippen molar-refractivity contribution >= 4 is 0 Å². The molecule has 0 radical (unpaired) electrons. The summed E-state index contributed by atoms with van der Waals surface area (Å²) in [5.41, 5.74) is 2.19. The normalized spacial score (nSPS) is 10.9. The highest BCUT2D eigenvalue weighted by atomic mass is 16.5. The van der Waals surface area contributed by atoms with Crippen LogP contribution < -0.4 is 18.9 Å². The van der Waals surface area contributed by atoms with Gasteiger partial charge in [0, 0.05) is 0 Å². The molecule has 4 heteroatoms. The van der Waals surface area contributed by atoms with Crippen molar-refractivity contribution in [2.75, 3.05) is 26.4 Å². The highest BCUT2D eigenvalue weighted by Crippen LogP contribution is 2.37. The molecule has 0 aliphatic heterocycles. The quantitative estimate of drug-likeness (QED) is 0.161. The van der Waals surface area contributed by atoms with E-state index >= 15 is 0 Å². The van der Waals surface area contributed by atoms with Crippen molar-refractivity contribution in [3.8, 4) is 34.1 Å². The van der Waals surface area contributed by atoms with Gasteiger partial charge < -0.3 is 18.9 Å². The summed E-state index contributed by atoms with van der Waals surface area (Å²) < 4.78 is 24.6. The summed E-state index contributed by atoms with van der Waals surface area (Å²) in [7, 11) is 0. The molecule has 2 aromatic rings. The minimum Gasteiger partial charge on any atom is -0.490 e. The van der Waals surface area contributed by atoms with Gasteiger partial charge in [-0.05, 0) is 61.1 Å². The fraction of sp³-hybridized carbons (Fsp3) is 0.625. The molecule has 0 amide bonds. The first-order valence-corrected chi connectivity index (χ1v) is 14.5. The zero-order valence-electron chi connectivity index (χ0n) is 23.4. The number of hydrogen-bond acceptors (Lipinski definition) is 4. The van der Waals surface area contributed by atoms with Crippen LogP contribution in [0.1, 0.15) is 105 Å². The minimum absolute atomic E-state index is 0.707. The molecule has 4 nitrogen and oxygen atoms in total. The summed E-state index contributed by atoms with van der Waals surface area (Å²) in [5.74, 6) is 3.31. The zero-order chi connectivity index (χ0) is 25.8. The van der Waals surface area contributed by atoms with E-state index < -0.39 is 0 Å². The van der Waals surface area contributed by atoms with Crippen molar-refractivity contribution in [2.24, 2.45) is 0 Å². The molecule has 0 bridgehead atoms. The van der Waals surface area contributed by atoms with Crippen LogP contribution in [-0.2, 0) is 0 Å². The topological polar surface area (TPSA) is 36.9 Å². The molecule has 36 heavy (non-hydrogen) atoms. The number of benzene rings is 2. The first kappa shape index (κ1) is 29.9. The Morgan fingerprint density at radius 1 is 0.389 bits per heavy atom. The molecule has 2 rings (SSSR count). The van der Waals surface area contributed by atoms with E-state index in [0.29, 0.717) is 13.2 Å². The highest BCUT2D eigenvalue weighted by Gasteiger charge is 2.12. The maximum absolute atomic E-state index is 6.20. The number of unbranched alkanes of at least 4 members (excludes halogenated alkanes) is 8. The Balaban J connectivity index is 2.22. The molecule has 0 fully saturated rings. The maximum Gasteiger partial charge on any atom is 0.161 e. The SMILES string of the molecule is CCCCCOc1ccc(-c2ccc(OCCCCC)c(OCCCCC)c2)cc1OCCCCC. The van der Waals surface area contributed by atoms with E-state index in [4.69, 9.17) is 18.9 Å². The van der Waals surface area contributed by atoms with Crippen LogP contribution in [0, 0.1) is 0 Å². The van der Waals surface area contributed by atoms with Gasteiger partial charge in [-0.25, -0.2) is 0 Å². The van der Waals surface area contributed by atoms with E-state index in [9.17, 15) is 0 Å². The van der Waals surface area contributed by atoms with Crippen molar-refractivity contribution in [1.82, 2.24) is 0 Å². The average molecular weight is 499 g/mol.